The summed E-state index contributed by atoms with van der Waals surface area (Å²) in [6, 6.07) is 5.42. The Bertz CT molecular complexity index is 5920. The number of hydrogen-bond donors (Lipinski definition) is 9. The largest absolute Gasteiger partial charge is 0.477 e. The van der Waals surface area contributed by atoms with Gasteiger partial charge >= 0.3 is 41.8 Å². The van der Waals surface area contributed by atoms with E-state index in [0.29, 0.717) is 116 Å². The highest BCUT2D eigenvalue weighted by Gasteiger charge is 2.25. The first kappa shape index (κ1) is 83.2. The van der Waals surface area contributed by atoms with Gasteiger partial charge in [0, 0.05) is 91.7 Å². The number of likely N-dealkylation sites (tertiary alicyclic amines) is 1. The number of fused-ring (bicyclic) bond motifs is 7. The van der Waals surface area contributed by atoms with Crippen molar-refractivity contribution in [3.63, 3.8) is 0 Å². The van der Waals surface area contributed by atoms with Gasteiger partial charge in [0.1, 0.15) is 101 Å². The van der Waals surface area contributed by atoms with Gasteiger partial charge in [-0.3, -0.25) is 4.90 Å². The van der Waals surface area contributed by atoms with E-state index in [1.54, 1.807) is 60.1 Å². The zero-order valence-corrected chi connectivity index (χ0v) is 63.6. The van der Waals surface area contributed by atoms with Gasteiger partial charge in [0.05, 0.1) is 47.9 Å². The topological polar surface area (TPSA) is 566 Å². The molecule has 43 heteroatoms. The van der Waals surface area contributed by atoms with Crippen molar-refractivity contribution in [1.82, 2.24) is 127 Å². The highest BCUT2D eigenvalue weighted by atomic mass is 16.5. The number of imidazole rings is 3. The summed E-state index contributed by atoms with van der Waals surface area (Å²) >= 11 is 0. The fraction of sp³-hybridized carbons (Fsp3) is 0.347. The van der Waals surface area contributed by atoms with Crippen LogP contribution in [0.1, 0.15) is 140 Å². The number of aliphatic hydroxyl groups excluding tert-OH is 1. The van der Waals surface area contributed by atoms with Crippen LogP contribution in [0.5, 0.6) is 0 Å². The minimum Gasteiger partial charge on any atom is -0.477 e. The molecule has 16 heterocycles. The minimum absolute atomic E-state index is 0.0364. The maximum Gasteiger partial charge on any atom is 0.356 e. The lowest BCUT2D eigenvalue weighted by Crippen LogP contribution is -2.36. The van der Waals surface area contributed by atoms with Gasteiger partial charge in [-0.2, -0.15) is 0 Å². The number of rotatable bonds is 16. The zero-order chi connectivity index (χ0) is 83.1. The van der Waals surface area contributed by atoms with Crippen molar-refractivity contribution in [3.05, 3.63) is 155 Å². The molecule has 115 heavy (non-hydrogen) atoms. The molecule has 2 saturated heterocycles. The third-order valence-electron chi connectivity index (χ3n) is 18.6. The summed E-state index contributed by atoms with van der Waals surface area (Å²) in [5.74, 6) is -5.33. The smallest absolute Gasteiger partial charge is 0.356 e. The molecule has 9 N–H and O–H groups in total. The van der Waals surface area contributed by atoms with E-state index in [-0.39, 0.29) is 57.7 Å². The second kappa shape index (κ2) is 37.2. The average Bonchev–Trinajstić information content (AvgIpc) is 1.67. The van der Waals surface area contributed by atoms with Gasteiger partial charge in [0.2, 0.25) is 5.69 Å². The van der Waals surface area contributed by atoms with Crippen molar-refractivity contribution in [2.75, 3.05) is 52.5 Å². The Labute approximate surface area is 650 Å². The third kappa shape index (κ3) is 19.0. The Morgan fingerprint density at radius 3 is 1.42 bits per heavy atom. The summed E-state index contributed by atoms with van der Waals surface area (Å²) in [5, 5.41) is 73.6. The number of piperidine rings is 1. The molecule has 0 spiro atoms. The SMILES string of the molecule is Cc1cc2c(C(=O)O)ncnc2[nH]1.Cc1cc2c(C(=O)O)ncnc2n1C.Cc1nc2c(C(=O)O)ncnc2n1C.Cn1c(CCCN2CCCCC2)cc2c(C(=O)O)ncnc21.Cn1c(CCCO)nc2c(C(=O)O)ncnc21.Cn1c(CN2CCOCC2)nc2c(C(=O)O)ncnc21.[C-]#[N+]c1cn(C)c2ncnc(C(=O)O)c12. The van der Waals surface area contributed by atoms with Gasteiger partial charge in [-0.15, -0.1) is 0 Å². The predicted molar refractivity (Wildman–Crippen MR) is 408 cm³/mol. The third-order valence-corrected chi connectivity index (χ3v) is 18.6. The van der Waals surface area contributed by atoms with Crippen LogP contribution in [-0.4, -0.2) is 262 Å². The lowest BCUT2D eigenvalue weighted by atomic mass is 10.1. The van der Waals surface area contributed by atoms with Crippen LogP contribution in [0.15, 0.2) is 68.7 Å². The van der Waals surface area contributed by atoms with Crippen molar-refractivity contribution in [3.8, 4) is 0 Å². The fourth-order valence-corrected chi connectivity index (χ4v) is 12.6. The monoisotopic (exact) mass is 1580 g/mol. The van der Waals surface area contributed by atoms with Crippen LogP contribution in [0.25, 0.3) is 82.5 Å². The average molecular weight is 1580 g/mol. The van der Waals surface area contributed by atoms with Crippen LogP contribution >= 0.6 is 0 Å². The molecule has 0 aromatic carbocycles. The van der Waals surface area contributed by atoms with Crippen LogP contribution in [0.3, 0.4) is 0 Å². The number of aryl methyl sites for hydroxylation is 11. The van der Waals surface area contributed by atoms with E-state index < -0.39 is 41.8 Å². The highest BCUT2D eigenvalue weighted by molar-refractivity contribution is 6.07. The van der Waals surface area contributed by atoms with Gasteiger partial charge in [-0.25, -0.2) is 123 Å². The molecule has 0 amide bonds. The Morgan fingerprint density at radius 2 is 0.896 bits per heavy atom. The normalized spacial score (nSPS) is 12.7. The van der Waals surface area contributed by atoms with E-state index in [0.717, 1.165) is 55.4 Å². The number of aromatic amines is 1. The highest BCUT2D eigenvalue weighted by Crippen LogP contribution is 2.29. The Balaban J connectivity index is 0.000000143. The van der Waals surface area contributed by atoms with E-state index in [9.17, 15) is 38.7 Å². The Kier molecular flexibility index (Phi) is 26.9. The first-order valence-electron chi connectivity index (χ1n) is 35.3. The number of nitrogens with zero attached hydrogens (tertiary/aromatic N) is 26. The predicted octanol–water partition coefficient (Wildman–Crippen LogP) is 5.49. The molecule has 0 atom stereocenters. The van der Waals surface area contributed by atoms with Gasteiger partial charge in [-0.1, -0.05) is 6.42 Å². The summed E-state index contributed by atoms with van der Waals surface area (Å²) in [6.45, 7) is 19.8. The molecule has 2 aliphatic heterocycles. The molecule has 14 aromatic rings. The van der Waals surface area contributed by atoms with Crippen LogP contribution < -0.4 is 0 Å². The summed E-state index contributed by atoms with van der Waals surface area (Å²) < 4.78 is 16.0. The summed E-state index contributed by atoms with van der Waals surface area (Å²) in [6.07, 6.45) is 17.4. The van der Waals surface area contributed by atoms with Crippen molar-refractivity contribution in [2.45, 2.75) is 72.3 Å². The van der Waals surface area contributed by atoms with Crippen molar-refractivity contribution >= 4 is 125 Å². The second-order valence-electron chi connectivity index (χ2n) is 26.0. The quantitative estimate of drug-likeness (QED) is 0.0540. The van der Waals surface area contributed by atoms with Crippen LogP contribution in [-0.2, 0) is 66.4 Å². The molecule has 598 valence electrons. The van der Waals surface area contributed by atoms with Crippen molar-refractivity contribution in [1.29, 1.82) is 0 Å². The van der Waals surface area contributed by atoms with Crippen LogP contribution in [0.2, 0.25) is 0 Å². The number of carbonyl (C=O) groups is 7. The molecule has 16 rings (SSSR count). The van der Waals surface area contributed by atoms with Gasteiger partial charge in [0.25, 0.3) is 0 Å². The van der Waals surface area contributed by atoms with Gasteiger partial charge < -0.3 is 82.9 Å². The first-order valence-corrected chi connectivity index (χ1v) is 35.3. The summed E-state index contributed by atoms with van der Waals surface area (Å²) in [4.78, 5) is 155. The number of hydrogen-bond acceptors (Lipinski definition) is 28. The fourth-order valence-electron chi connectivity index (χ4n) is 12.6. The van der Waals surface area contributed by atoms with Crippen LogP contribution in [0.4, 0.5) is 5.69 Å². The molecule has 43 nitrogen and oxygen atoms in total. The molecular weight excluding hydrogens is 1500 g/mol. The van der Waals surface area contributed by atoms with Crippen molar-refractivity contribution in [2.24, 2.45) is 42.3 Å². The Hall–Kier alpha value is -14.3. The second-order valence-corrected chi connectivity index (χ2v) is 26.0. The number of aromatic carboxylic acids is 7. The molecule has 0 radical (unpaired) electrons. The van der Waals surface area contributed by atoms with Crippen LogP contribution in [0, 0.1) is 27.3 Å². The Morgan fingerprint density at radius 1 is 0.452 bits per heavy atom. The maximum absolute atomic E-state index is 11.2. The summed E-state index contributed by atoms with van der Waals surface area (Å²) in [5.41, 5.74) is 7.93. The van der Waals surface area contributed by atoms with Gasteiger partial charge in [-0.05, 0) is 90.7 Å². The number of nitrogens with one attached hydrogen (secondary N) is 1. The zero-order valence-electron chi connectivity index (χ0n) is 63.6. The molecule has 0 aliphatic carbocycles. The molecule has 0 saturated carbocycles. The van der Waals surface area contributed by atoms with E-state index in [1.807, 2.05) is 54.8 Å². The summed E-state index contributed by atoms with van der Waals surface area (Å²) in [7, 11) is 10.9. The number of aliphatic hydroxyl groups is 1. The lowest BCUT2D eigenvalue weighted by molar-refractivity contribution is 0.0327. The van der Waals surface area contributed by atoms with E-state index in [1.165, 1.54) is 76.6 Å². The van der Waals surface area contributed by atoms with Crippen molar-refractivity contribution < 1.29 is 79.2 Å². The lowest BCUT2D eigenvalue weighted by Gasteiger charge is -2.26. The molecular formula is C72H79N27O16. The molecule has 0 unspecified atom stereocenters. The molecule has 0 bridgehead atoms. The number of aromatic nitrogens is 24. The van der Waals surface area contributed by atoms with E-state index in [4.69, 9.17) is 47.1 Å². The maximum atomic E-state index is 11.2. The molecule has 2 fully saturated rings. The number of carboxylic acids is 7. The first-order chi connectivity index (χ1) is 55.0. The number of ether oxygens (including phenoxy) is 1. The van der Waals surface area contributed by atoms with Gasteiger partial charge in [0.15, 0.2) is 56.8 Å². The number of morpholine rings is 1. The van der Waals surface area contributed by atoms with E-state index in [2.05, 4.69) is 104 Å². The number of H-pyrrole nitrogens is 1. The number of carboxylic acid groups (broad SMARTS) is 7. The molecule has 2 aliphatic rings. The van der Waals surface area contributed by atoms with E-state index >= 15 is 0 Å². The molecule has 14 aromatic heterocycles. The minimum atomic E-state index is -1.15. The standard InChI is InChI=1S/C16H22N4O2.C12H15N5O3.C10H12N4O3.C9H6N4O2.C9H9N3O2.C8H8N4O2.C8H7N3O2/c1-19-12(6-5-9-20-7-3-2-4-8-20)10-13-14(16(21)22)17-11-18-15(13)19;1-16-8(6-17-2-4-20-5-3-17)15-9-10(12(18)19)13-7-14-11(9)16;1-14-6(3-2-4-15)13-7-8(10(16)17)11-5-12-9(7)14;1-10-5-3-13(2)8-6(5)7(9(14)15)11-4-12-8;1-5-3-6-7(9(13)14)10-4-11-8(6)12(5)2;1-4-11-5-6(8(13)14)9-3-10-7(5)12(4)2;1-4-2-5-6(8(12)13)9-3-10-7(5)11-4/h10-11H,2-9H2,1H3,(H,21,22);7H,2-6H2,1H3,(H,18,19);5,15H,2-4H2,1H3,(H,16,17);3-4H,2H3,(H,14,15);3-4H,1-2H3,(H,13,14);3H,1-2H3,(H,13,14);2-3H,1H3,(H,12,13)(H,9,10,11).